The lowest BCUT2D eigenvalue weighted by atomic mass is 9.81. The van der Waals surface area contributed by atoms with Crippen LogP contribution in [-0.2, 0) is 9.53 Å². The molecule has 2 amide bonds. The van der Waals surface area contributed by atoms with E-state index >= 15 is 0 Å². The van der Waals surface area contributed by atoms with E-state index in [1.807, 2.05) is 20.8 Å². The predicted molar refractivity (Wildman–Crippen MR) is 103 cm³/mol. The fourth-order valence-corrected chi connectivity index (χ4v) is 3.90. The van der Waals surface area contributed by atoms with E-state index in [-0.39, 0.29) is 18.0 Å². The van der Waals surface area contributed by atoms with Gasteiger partial charge in [0, 0.05) is 26.2 Å². The van der Waals surface area contributed by atoms with Crippen molar-refractivity contribution in [2.24, 2.45) is 0 Å². The fourth-order valence-electron chi connectivity index (χ4n) is 3.90. The highest BCUT2D eigenvalue weighted by Gasteiger charge is 2.39. The molecule has 27 heavy (non-hydrogen) atoms. The third-order valence-electron chi connectivity index (χ3n) is 5.57. The molecule has 0 unspecified atom stereocenters. The highest BCUT2D eigenvalue weighted by atomic mass is 16.6. The number of hydrogen-bond acceptors (Lipinski definition) is 5. The molecule has 0 aromatic rings. The molecule has 1 aliphatic carbocycles. The maximum atomic E-state index is 12.7. The number of nitriles is 1. The van der Waals surface area contributed by atoms with Crippen LogP contribution in [0.3, 0.4) is 0 Å². The molecule has 2 rings (SSSR count). The molecule has 0 atom stereocenters. The van der Waals surface area contributed by atoms with Crippen molar-refractivity contribution in [2.75, 3.05) is 26.7 Å². The molecular formula is C20H34N4O3. The number of alkyl carbamates (subject to hydrolysis) is 1. The van der Waals surface area contributed by atoms with Crippen LogP contribution in [0.5, 0.6) is 0 Å². The van der Waals surface area contributed by atoms with Crippen molar-refractivity contribution in [3.8, 4) is 6.07 Å². The molecule has 0 aromatic heterocycles. The Bertz CT molecular complexity index is 565. The van der Waals surface area contributed by atoms with Crippen molar-refractivity contribution >= 4 is 12.0 Å². The van der Waals surface area contributed by atoms with E-state index in [2.05, 4.69) is 16.3 Å². The SMILES string of the molecule is CN(C(=O)CN1CCC(NC(=O)OC(C)(C)C)CC1)C1(C#N)CCCCC1. The van der Waals surface area contributed by atoms with Gasteiger partial charge < -0.3 is 15.0 Å². The molecule has 1 saturated heterocycles. The van der Waals surface area contributed by atoms with Crippen LogP contribution >= 0.6 is 0 Å². The van der Waals surface area contributed by atoms with E-state index in [1.165, 1.54) is 0 Å². The van der Waals surface area contributed by atoms with Crippen molar-refractivity contribution in [1.29, 1.82) is 5.26 Å². The third-order valence-corrected chi connectivity index (χ3v) is 5.57. The lowest BCUT2D eigenvalue weighted by molar-refractivity contribution is -0.136. The fraction of sp³-hybridized carbons (Fsp3) is 0.850. The maximum absolute atomic E-state index is 12.7. The Morgan fingerprint density at radius 3 is 2.33 bits per heavy atom. The standard InChI is InChI=1S/C20H34N4O3/c1-19(2,3)27-18(26)22-16-8-12-24(13-9-16)14-17(25)23(4)20(15-21)10-6-5-7-11-20/h16H,5-14H2,1-4H3,(H,22,26). The molecule has 0 aromatic carbocycles. The normalized spacial score (nSPS) is 21.1. The average Bonchev–Trinajstić information content (AvgIpc) is 2.61. The van der Waals surface area contributed by atoms with Gasteiger partial charge in [0.2, 0.25) is 5.91 Å². The monoisotopic (exact) mass is 378 g/mol. The average molecular weight is 379 g/mol. The van der Waals surface area contributed by atoms with Crippen molar-refractivity contribution < 1.29 is 14.3 Å². The summed E-state index contributed by atoms with van der Waals surface area (Å²) in [4.78, 5) is 28.4. The van der Waals surface area contributed by atoms with Crippen LogP contribution < -0.4 is 5.32 Å². The van der Waals surface area contributed by atoms with E-state index in [9.17, 15) is 14.9 Å². The minimum Gasteiger partial charge on any atom is -0.444 e. The van der Waals surface area contributed by atoms with Gasteiger partial charge in [0.15, 0.2) is 0 Å². The second-order valence-corrected chi connectivity index (χ2v) is 8.85. The summed E-state index contributed by atoms with van der Waals surface area (Å²) in [6.45, 7) is 7.37. The molecule has 2 aliphatic rings. The van der Waals surface area contributed by atoms with Gasteiger partial charge in [-0.1, -0.05) is 19.3 Å². The Labute approximate surface area is 163 Å². The van der Waals surface area contributed by atoms with Gasteiger partial charge in [-0.05, 0) is 46.5 Å². The van der Waals surface area contributed by atoms with Crippen LogP contribution in [0.1, 0.15) is 65.7 Å². The van der Waals surface area contributed by atoms with Crippen molar-refractivity contribution in [3.05, 3.63) is 0 Å². The number of nitrogens with zero attached hydrogens (tertiary/aromatic N) is 3. The number of likely N-dealkylation sites (N-methyl/N-ethyl adjacent to an activating group) is 1. The minimum atomic E-state index is -0.633. The van der Waals surface area contributed by atoms with Crippen LogP contribution in [0.4, 0.5) is 4.79 Å². The molecule has 2 fully saturated rings. The number of carbonyl (C=O) groups is 2. The van der Waals surface area contributed by atoms with Crippen LogP contribution in [0.25, 0.3) is 0 Å². The number of nitrogens with one attached hydrogen (secondary N) is 1. The van der Waals surface area contributed by atoms with E-state index in [0.717, 1.165) is 58.0 Å². The Morgan fingerprint density at radius 2 is 1.81 bits per heavy atom. The molecule has 7 nitrogen and oxygen atoms in total. The van der Waals surface area contributed by atoms with Gasteiger partial charge in [0.05, 0.1) is 12.6 Å². The lowest BCUT2D eigenvalue weighted by Gasteiger charge is -2.40. The minimum absolute atomic E-state index is 0.0111. The summed E-state index contributed by atoms with van der Waals surface area (Å²) in [6, 6.07) is 2.48. The van der Waals surface area contributed by atoms with Crippen LogP contribution in [0.15, 0.2) is 0 Å². The number of carbonyl (C=O) groups excluding carboxylic acids is 2. The molecular weight excluding hydrogens is 344 g/mol. The highest BCUT2D eigenvalue weighted by Crippen LogP contribution is 2.32. The first kappa shape index (κ1) is 21.5. The molecule has 1 heterocycles. The van der Waals surface area contributed by atoms with E-state index < -0.39 is 11.1 Å². The molecule has 0 spiro atoms. The van der Waals surface area contributed by atoms with Gasteiger partial charge >= 0.3 is 6.09 Å². The summed E-state index contributed by atoms with van der Waals surface area (Å²) in [6.07, 6.45) is 5.90. The second kappa shape index (κ2) is 8.92. The van der Waals surface area contributed by atoms with Gasteiger partial charge in [-0.15, -0.1) is 0 Å². The zero-order chi connectivity index (χ0) is 20.1. The summed E-state index contributed by atoms with van der Waals surface area (Å²) < 4.78 is 5.30. The maximum Gasteiger partial charge on any atom is 0.407 e. The van der Waals surface area contributed by atoms with Gasteiger partial charge in [-0.2, -0.15) is 5.26 Å². The molecule has 152 valence electrons. The Balaban J connectivity index is 1.79. The Kier molecular flexibility index (Phi) is 7.10. The largest absolute Gasteiger partial charge is 0.444 e. The third kappa shape index (κ3) is 6.10. The molecule has 0 bridgehead atoms. The number of amides is 2. The summed E-state index contributed by atoms with van der Waals surface area (Å²) in [5, 5.41) is 12.6. The zero-order valence-corrected chi connectivity index (χ0v) is 17.2. The molecule has 1 aliphatic heterocycles. The lowest BCUT2D eigenvalue weighted by Crippen LogP contribution is -2.54. The quantitative estimate of drug-likeness (QED) is 0.813. The first-order valence-electron chi connectivity index (χ1n) is 10.0. The van der Waals surface area contributed by atoms with Gasteiger partial charge in [-0.3, -0.25) is 9.69 Å². The molecule has 0 radical (unpaired) electrons. The summed E-state index contributed by atoms with van der Waals surface area (Å²) in [5.74, 6) is 0.0111. The van der Waals surface area contributed by atoms with Crippen molar-refractivity contribution in [1.82, 2.24) is 15.1 Å². The van der Waals surface area contributed by atoms with Crippen molar-refractivity contribution in [2.45, 2.75) is 82.9 Å². The Morgan fingerprint density at radius 1 is 1.22 bits per heavy atom. The first-order valence-corrected chi connectivity index (χ1v) is 10.0. The Hall–Kier alpha value is -1.81. The van der Waals surface area contributed by atoms with E-state index in [1.54, 1.807) is 11.9 Å². The number of ether oxygens (including phenoxy) is 1. The summed E-state index contributed by atoms with van der Waals surface area (Å²) in [5.41, 5.74) is -1.14. The first-order chi connectivity index (χ1) is 12.6. The molecule has 1 N–H and O–H groups in total. The van der Waals surface area contributed by atoms with Crippen LogP contribution in [0, 0.1) is 11.3 Å². The zero-order valence-electron chi connectivity index (χ0n) is 17.2. The predicted octanol–water partition coefficient (Wildman–Crippen LogP) is 2.66. The van der Waals surface area contributed by atoms with Gasteiger partial charge in [0.1, 0.15) is 11.1 Å². The topological polar surface area (TPSA) is 85.7 Å². The molecule has 7 heteroatoms. The second-order valence-electron chi connectivity index (χ2n) is 8.85. The smallest absolute Gasteiger partial charge is 0.407 e. The van der Waals surface area contributed by atoms with Gasteiger partial charge in [0.25, 0.3) is 0 Å². The van der Waals surface area contributed by atoms with Crippen molar-refractivity contribution in [3.63, 3.8) is 0 Å². The highest BCUT2D eigenvalue weighted by molar-refractivity contribution is 5.79. The summed E-state index contributed by atoms with van der Waals surface area (Å²) in [7, 11) is 1.77. The number of likely N-dealkylation sites (tertiary alicyclic amines) is 1. The number of piperidine rings is 1. The van der Waals surface area contributed by atoms with Crippen LogP contribution in [0.2, 0.25) is 0 Å². The van der Waals surface area contributed by atoms with E-state index in [0.29, 0.717) is 6.54 Å². The number of rotatable bonds is 4. The summed E-state index contributed by atoms with van der Waals surface area (Å²) >= 11 is 0. The molecule has 1 saturated carbocycles. The van der Waals surface area contributed by atoms with E-state index in [4.69, 9.17) is 4.74 Å². The van der Waals surface area contributed by atoms with Gasteiger partial charge in [-0.25, -0.2) is 4.79 Å². The van der Waals surface area contributed by atoms with Crippen LogP contribution in [-0.4, -0.2) is 65.7 Å². The number of hydrogen-bond donors (Lipinski definition) is 1.